The molecule has 0 radical (unpaired) electrons. The first-order valence-electron chi connectivity index (χ1n) is 8.39. The average molecular weight is 367 g/mol. The summed E-state index contributed by atoms with van der Waals surface area (Å²) in [6.07, 6.45) is 0. The Balaban J connectivity index is 1.79. The minimum atomic E-state index is -0.247. The molecule has 0 bridgehead atoms. The molecule has 0 spiro atoms. The molecule has 2 N–H and O–H groups in total. The van der Waals surface area contributed by atoms with Crippen molar-refractivity contribution >= 4 is 11.6 Å². The quantitative estimate of drug-likeness (QED) is 0.688. The number of benzene rings is 2. The summed E-state index contributed by atoms with van der Waals surface area (Å²) in [5.41, 5.74) is 2.98. The molecule has 27 heavy (non-hydrogen) atoms. The number of aryl methyl sites for hydroxylation is 1. The van der Waals surface area contributed by atoms with Crippen LogP contribution in [0.5, 0.6) is 11.5 Å². The Bertz CT molecular complexity index is 961. The van der Waals surface area contributed by atoms with E-state index < -0.39 is 0 Å². The van der Waals surface area contributed by atoms with Gasteiger partial charge in [0.05, 0.1) is 14.2 Å². The molecule has 6 nitrogen and oxygen atoms in total. The molecular formula is C21H21NO5. The first-order chi connectivity index (χ1) is 13.0. The van der Waals surface area contributed by atoms with Gasteiger partial charge in [-0.15, -0.1) is 0 Å². The first-order valence-corrected chi connectivity index (χ1v) is 8.39. The van der Waals surface area contributed by atoms with Gasteiger partial charge in [-0.05, 0) is 61.0 Å². The maximum absolute atomic E-state index is 12.5. The number of carbonyl (C=O) groups excluding carboxylic acids is 1. The number of anilines is 1. The summed E-state index contributed by atoms with van der Waals surface area (Å²) >= 11 is 0. The summed E-state index contributed by atoms with van der Waals surface area (Å²) in [5.74, 6) is 2.00. The van der Waals surface area contributed by atoms with Gasteiger partial charge >= 0.3 is 0 Å². The van der Waals surface area contributed by atoms with Crippen molar-refractivity contribution in [3.05, 3.63) is 65.4 Å². The van der Waals surface area contributed by atoms with Crippen molar-refractivity contribution in [2.45, 2.75) is 13.5 Å². The van der Waals surface area contributed by atoms with Crippen LogP contribution >= 0.6 is 0 Å². The maximum Gasteiger partial charge on any atom is 0.255 e. The molecule has 1 aromatic heterocycles. The van der Waals surface area contributed by atoms with Crippen LogP contribution in [0.4, 0.5) is 5.69 Å². The lowest BCUT2D eigenvalue weighted by Gasteiger charge is -2.11. The Labute approximate surface area is 157 Å². The molecule has 1 heterocycles. The second kappa shape index (κ2) is 7.97. The molecule has 2 aromatic carbocycles. The number of amides is 1. The van der Waals surface area contributed by atoms with E-state index in [0.717, 1.165) is 11.1 Å². The summed E-state index contributed by atoms with van der Waals surface area (Å²) in [6, 6.07) is 14.1. The van der Waals surface area contributed by atoms with Crippen LogP contribution in [0.25, 0.3) is 11.3 Å². The highest BCUT2D eigenvalue weighted by Crippen LogP contribution is 2.29. The lowest BCUT2D eigenvalue weighted by Crippen LogP contribution is -2.12. The third-order valence-electron chi connectivity index (χ3n) is 4.21. The van der Waals surface area contributed by atoms with Crippen LogP contribution in [0.2, 0.25) is 0 Å². The first kappa shape index (κ1) is 18.5. The predicted molar refractivity (Wildman–Crippen MR) is 102 cm³/mol. The van der Waals surface area contributed by atoms with Gasteiger partial charge in [-0.2, -0.15) is 0 Å². The van der Waals surface area contributed by atoms with Crippen molar-refractivity contribution < 1.29 is 23.8 Å². The van der Waals surface area contributed by atoms with E-state index in [2.05, 4.69) is 5.32 Å². The minimum Gasteiger partial charge on any atom is -0.493 e. The van der Waals surface area contributed by atoms with Crippen LogP contribution in [-0.4, -0.2) is 25.2 Å². The molecule has 0 aliphatic rings. The fraction of sp³-hybridized carbons (Fsp3) is 0.190. The lowest BCUT2D eigenvalue weighted by molar-refractivity contribution is 0.102. The number of aliphatic hydroxyl groups excluding tert-OH is 1. The number of carbonyl (C=O) groups is 1. The summed E-state index contributed by atoms with van der Waals surface area (Å²) in [7, 11) is 3.07. The fourth-order valence-electron chi connectivity index (χ4n) is 2.81. The number of hydrogen-bond donors (Lipinski definition) is 2. The van der Waals surface area contributed by atoms with Crippen molar-refractivity contribution in [2.24, 2.45) is 0 Å². The Morgan fingerprint density at radius 3 is 2.44 bits per heavy atom. The largest absolute Gasteiger partial charge is 0.493 e. The zero-order valence-electron chi connectivity index (χ0n) is 15.4. The summed E-state index contributed by atoms with van der Waals surface area (Å²) in [5, 5.41) is 12.0. The molecule has 6 heteroatoms. The average Bonchev–Trinajstić information content (AvgIpc) is 3.16. The van der Waals surface area contributed by atoms with Crippen LogP contribution in [0.15, 0.2) is 52.9 Å². The molecule has 0 aliphatic carbocycles. The van der Waals surface area contributed by atoms with Crippen LogP contribution in [-0.2, 0) is 6.61 Å². The van der Waals surface area contributed by atoms with Crippen LogP contribution < -0.4 is 14.8 Å². The van der Waals surface area contributed by atoms with Crippen molar-refractivity contribution in [1.29, 1.82) is 0 Å². The highest BCUT2D eigenvalue weighted by molar-refractivity contribution is 6.04. The van der Waals surface area contributed by atoms with Crippen LogP contribution in [0.3, 0.4) is 0 Å². The van der Waals surface area contributed by atoms with E-state index in [4.69, 9.17) is 19.0 Å². The normalized spacial score (nSPS) is 10.5. The standard InChI is InChI=1S/C21H21NO5/c1-13-10-15(5-7-17(13)18-9-6-16(12-23)27-18)22-21(24)14-4-8-19(25-2)20(11-14)26-3/h4-11,23H,12H2,1-3H3,(H,22,24). The fourth-order valence-corrected chi connectivity index (χ4v) is 2.81. The topological polar surface area (TPSA) is 80.9 Å². The maximum atomic E-state index is 12.5. The van der Waals surface area contributed by atoms with Gasteiger partial charge in [0.1, 0.15) is 18.1 Å². The minimum absolute atomic E-state index is 0.140. The van der Waals surface area contributed by atoms with Crippen molar-refractivity contribution in [3.8, 4) is 22.8 Å². The van der Waals surface area contributed by atoms with Gasteiger partial charge in [0, 0.05) is 16.8 Å². The van der Waals surface area contributed by atoms with E-state index in [0.29, 0.717) is 34.3 Å². The highest BCUT2D eigenvalue weighted by atomic mass is 16.5. The van der Waals surface area contributed by atoms with Gasteiger partial charge in [-0.1, -0.05) is 0 Å². The smallest absolute Gasteiger partial charge is 0.255 e. The Morgan fingerprint density at radius 2 is 1.81 bits per heavy atom. The molecule has 0 saturated carbocycles. The molecule has 3 rings (SSSR count). The second-order valence-corrected chi connectivity index (χ2v) is 5.98. The predicted octanol–water partition coefficient (Wildman–Crippen LogP) is 4.02. The summed E-state index contributed by atoms with van der Waals surface area (Å²) in [4.78, 5) is 12.5. The lowest BCUT2D eigenvalue weighted by atomic mass is 10.1. The van der Waals surface area contributed by atoms with Gasteiger partial charge < -0.3 is 24.3 Å². The summed E-state index contributed by atoms with van der Waals surface area (Å²) in [6.45, 7) is 1.79. The van der Waals surface area contributed by atoms with Gasteiger partial charge in [-0.3, -0.25) is 4.79 Å². The second-order valence-electron chi connectivity index (χ2n) is 5.98. The van der Waals surface area contributed by atoms with E-state index >= 15 is 0 Å². The molecule has 0 atom stereocenters. The number of rotatable bonds is 6. The number of aliphatic hydroxyl groups is 1. The Morgan fingerprint density at radius 1 is 1.04 bits per heavy atom. The van der Waals surface area contributed by atoms with Gasteiger partial charge in [0.2, 0.25) is 0 Å². The number of methoxy groups -OCH3 is 2. The monoisotopic (exact) mass is 367 g/mol. The van der Waals surface area contributed by atoms with E-state index in [1.807, 2.05) is 31.2 Å². The number of ether oxygens (including phenoxy) is 2. The van der Waals surface area contributed by atoms with Crippen LogP contribution in [0, 0.1) is 6.92 Å². The molecule has 0 aliphatic heterocycles. The van der Waals surface area contributed by atoms with E-state index in [-0.39, 0.29) is 12.5 Å². The van der Waals surface area contributed by atoms with E-state index in [1.54, 1.807) is 31.4 Å². The molecule has 140 valence electrons. The SMILES string of the molecule is COc1ccc(C(=O)Nc2ccc(-c3ccc(CO)o3)c(C)c2)cc1OC. The summed E-state index contributed by atoms with van der Waals surface area (Å²) < 4.78 is 16.0. The van der Waals surface area contributed by atoms with E-state index in [9.17, 15) is 4.79 Å². The third-order valence-corrected chi connectivity index (χ3v) is 4.21. The number of furan rings is 1. The van der Waals surface area contributed by atoms with Crippen molar-refractivity contribution in [2.75, 3.05) is 19.5 Å². The van der Waals surface area contributed by atoms with E-state index in [1.165, 1.54) is 7.11 Å². The zero-order chi connectivity index (χ0) is 19.4. The highest BCUT2D eigenvalue weighted by Gasteiger charge is 2.13. The molecule has 0 unspecified atom stereocenters. The molecular weight excluding hydrogens is 346 g/mol. The zero-order valence-corrected chi connectivity index (χ0v) is 15.4. The van der Waals surface area contributed by atoms with Crippen LogP contribution in [0.1, 0.15) is 21.7 Å². The van der Waals surface area contributed by atoms with Gasteiger partial charge in [0.15, 0.2) is 11.5 Å². The Kier molecular flexibility index (Phi) is 5.47. The number of hydrogen-bond acceptors (Lipinski definition) is 5. The molecule has 0 saturated heterocycles. The van der Waals surface area contributed by atoms with Crippen molar-refractivity contribution in [1.82, 2.24) is 0 Å². The molecule has 1 amide bonds. The van der Waals surface area contributed by atoms with Gasteiger partial charge in [0.25, 0.3) is 5.91 Å². The molecule has 3 aromatic rings. The van der Waals surface area contributed by atoms with Crippen molar-refractivity contribution in [3.63, 3.8) is 0 Å². The van der Waals surface area contributed by atoms with Gasteiger partial charge in [-0.25, -0.2) is 0 Å². The molecule has 0 fully saturated rings. The number of nitrogens with one attached hydrogen (secondary N) is 1. The third kappa shape index (κ3) is 3.96. The Hall–Kier alpha value is -3.25.